The molecule has 2 rings (SSSR count). The smallest absolute Gasteiger partial charge is 0.106 e. The Morgan fingerprint density at radius 2 is 2.38 bits per heavy atom. The Morgan fingerprint density at radius 3 is 3.06 bits per heavy atom. The molecule has 2 heterocycles. The fraction of sp³-hybridized carbons (Fsp3) is 0.750. The number of aromatic nitrogens is 1. The molecule has 4 heteroatoms. The van der Waals surface area contributed by atoms with Crippen molar-refractivity contribution >= 4 is 23.1 Å². The maximum Gasteiger partial charge on any atom is 0.106 e. The molecule has 0 aromatic carbocycles. The molecule has 90 valence electrons. The minimum Gasteiger partial charge on any atom is -0.310 e. The van der Waals surface area contributed by atoms with Gasteiger partial charge >= 0.3 is 0 Å². The van der Waals surface area contributed by atoms with E-state index in [4.69, 9.17) is 0 Å². The van der Waals surface area contributed by atoms with Crippen LogP contribution in [-0.2, 0) is 6.54 Å². The summed E-state index contributed by atoms with van der Waals surface area (Å²) < 4.78 is 0. The molecular weight excluding hydrogens is 236 g/mol. The lowest BCUT2D eigenvalue weighted by Gasteiger charge is -2.18. The van der Waals surface area contributed by atoms with Crippen LogP contribution >= 0.6 is 23.1 Å². The topological polar surface area (TPSA) is 24.9 Å². The Hall–Kier alpha value is -0.0600. The summed E-state index contributed by atoms with van der Waals surface area (Å²) in [5.41, 5.74) is 0. The molecule has 0 radical (unpaired) electrons. The number of hydrogen-bond acceptors (Lipinski definition) is 4. The van der Waals surface area contributed by atoms with Gasteiger partial charge in [0.2, 0.25) is 0 Å². The Labute approximate surface area is 106 Å². The minimum absolute atomic E-state index is 0.551. The van der Waals surface area contributed by atoms with Crippen molar-refractivity contribution in [3.8, 4) is 0 Å². The van der Waals surface area contributed by atoms with E-state index >= 15 is 0 Å². The first-order chi connectivity index (χ1) is 7.75. The monoisotopic (exact) mass is 256 g/mol. The van der Waals surface area contributed by atoms with Crippen LogP contribution in [0.5, 0.6) is 0 Å². The fourth-order valence-electron chi connectivity index (χ4n) is 1.79. The summed E-state index contributed by atoms with van der Waals surface area (Å²) in [5, 5.41) is 5.45. The summed E-state index contributed by atoms with van der Waals surface area (Å²) >= 11 is 3.97. The van der Waals surface area contributed by atoms with Gasteiger partial charge in [-0.1, -0.05) is 20.3 Å². The van der Waals surface area contributed by atoms with Gasteiger partial charge in [-0.3, -0.25) is 0 Å². The molecule has 1 N–H and O–H groups in total. The molecule has 1 aromatic heterocycles. The van der Waals surface area contributed by atoms with Gasteiger partial charge in [-0.2, -0.15) is 11.8 Å². The summed E-state index contributed by atoms with van der Waals surface area (Å²) in [6, 6.07) is 0.551. The van der Waals surface area contributed by atoms with Crippen molar-refractivity contribution in [1.29, 1.82) is 0 Å². The van der Waals surface area contributed by atoms with Crippen molar-refractivity contribution in [3.05, 3.63) is 16.1 Å². The van der Waals surface area contributed by atoms with Crippen LogP contribution in [0.15, 0.2) is 6.20 Å². The second-order valence-corrected chi connectivity index (χ2v) is 7.01. The molecule has 0 aliphatic carbocycles. The molecule has 0 amide bonds. The highest BCUT2D eigenvalue weighted by molar-refractivity contribution is 7.99. The largest absolute Gasteiger partial charge is 0.310 e. The van der Waals surface area contributed by atoms with Crippen LogP contribution in [0.1, 0.15) is 48.2 Å². The highest BCUT2D eigenvalue weighted by Gasteiger charge is 2.19. The van der Waals surface area contributed by atoms with Crippen LogP contribution in [0.4, 0.5) is 0 Å². The highest BCUT2D eigenvalue weighted by Crippen LogP contribution is 2.39. The van der Waals surface area contributed by atoms with Gasteiger partial charge in [0.05, 0.1) is 5.25 Å². The van der Waals surface area contributed by atoms with Crippen LogP contribution in [-0.4, -0.2) is 16.8 Å². The predicted molar refractivity (Wildman–Crippen MR) is 73.1 cm³/mol. The third kappa shape index (κ3) is 3.47. The lowest BCUT2D eigenvalue weighted by Crippen LogP contribution is -2.21. The van der Waals surface area contributed by atoms with Gasteiger partial charge in [-0.25, -0.2) is 4.98 Å². The van der Waals surface area contributed by atoms with Gasteiger partial charge in [0, 0.05) is 23.7 Å². The van der Waals surface area contributed by atoms with Gasteiger partial charge in [-0.15, -0.1) is 11.3 Å². The van der Waals surface area contributed by atoms with Gasteiger partial charge < -0.3 is 5.32 Å². The maximum absolute atomic E-state index is 4.58. The third-order valence-electron chi connectivity index (χ3n) is 2.71. The molecule has 0 saturated carbocycles. The van der Waals surface area contributed by atoms with Crippen molar-refractivity contribution in [3.63, 3.8) is 0 Å². The quantitative estimate of drug-likeness (QED) is 0.891. The molecule has 1 aliphatic rings. The molecule has 16 heavy (non-hydrogen) atoms. The minimum atomic E-state index is 0.551. The molecular formula is C12H20N2S2. The van der Waals surface area contributed by atoms with Crippen molar-refractivity contribution in [1.82, 2.24) is 10.3 Å². The third-order valence-corrected chi connectivity index (χ3v) is 5.36. The van der Waals surface area contributed by atoms with Crippen LogP contribution < -0.4 is 5.32 Å². The molecule has 1 aliphatic heterocycles. The summed E-state index contributed by atoms with van der Waals surface area (Å²) in [7, 11) is 0. The summed E-state index contributed by atoms with van der Waals surface area (Å²) in [6.45, 7) is 5.32. The second-order valence-electron chi connectivity index (χ2n) is 4.56. The van der Waals surface area contributed by atoms with E-state index in [2.05, 4.69) is 35.9 Å². The summed E-state index contributed by atoms with van der Waals surface area (Å²) in [4.78, 5) is 5.95. The van der Waals surface area contributed by atoms with Crippen LogP contribution in [0.3, 0.4) is 0 Å². The van der Waals surface area contributed by atoms with Crippen molar-refractivity contribution in [2.75, 3.05) is 5.75 Å². The fourth-order valence-corrected chi connectivity index (χ4v) is 4.22. The Balaban J connectivity index is 1.90. The number of nitrogens with zero attached hydrogens (tertiary/aromatic N) is 1. The van der Waals surface area contributed by atoms with Crippen LogP contribution in [0.2, 0.25) is 0 Å². The highest BCUT2D eigenvalue weighted by atomic mass is 32.2. The number of thiazole rings is 1. The SMILES string of the molecule is CC(C)NCc1cnc(C2CCCCS2)s1. The van der Waals surface area contributed by atoms with Gasteiger partial charge in [0.15, 0.2) is 0 Å². The Morgan fingerprint density at radius 1 is 1.50 bits per heavy atom. The molecule has 1 unspecified atom stereocenters. The van der Waals surface area contributed by atoms with E-state index in [9.17, 15) is 0 Å². The van der Waals surface area contributed by atoms with Crippen LogP contribution in [0.25, 0.3) is 0 Å². The van der Waals surface area contributed by atoms with E-state index in [1.165, 1.54) is 34.9 Å². The number of thioether (sulfide) groups is 1. The molecule has 1 fully saturated rings. The normalized spacial score (nSPS) is 21.6. The van der Waals surface area contributed by atoms with Gasteiger partial charge in [0.25, 0.3) is 0 Å². The summed E-state index contributed by atoms with van der Waals surface area (Å²) in [6.07, 6.45) is 6.12. The number of hydrogen-bond donors (Lipinski definition) is 1. The lowest BCUT2D eigenvalue weighted by molar-refractivity contribution is 0.593. The average molecular weight is 256 g/mol. The predicted octanol–water partition coefficient (Wildman–Crippen LogP) is 3.60. The standard InChI is InChI=1S/C12H20N2S2/c1-9(2)13-7-10-8-14-12(16-10)11-5-3-4-6-15-11/h8-9,11,13H,3-7H2,1-2H3. The average Bonchev–Trinajstić information content (AvgIpc) is 2.76. The molecule has 0 spiro atoms. The van der Waals surface area contributed by atoms with E-state index in [0.717, 1.165) is 6.54 Å². The molecule has 1 aromatic rings. The first-order valence-corrected chi connectivity index (χ1v) is 7.92. The van der Waals surface area contributed by atoms with Gasteiger partial charge in [0.1, 0.15) is 5.01 Å². The van der Waals surface area contributed by atoms with Crippen molar-refractivity contribution in [2.24, 2.45) is 0 Å². The maximum atomic E-state index is 4.58. The molecule has 1 atom stereocenters. The molecule has 1 saturated heterocycles. The number of nitrogens with one attached hydrogen (secondary N) is 1. The molecule has 2 nitrogen and oxygen atoms in total. The zero-order valence-electron chi connectivity index (χ0n) is 10.0. The zero-order chi connectivity index (χ0) is 11.4. The second kappa shape index (κ2) is 6.03. The van der Waals surface area contributed by atoms with Crippen molar-refractivity contribution in [2.45, 2.75) is 50.9 Å². The van der Waals surface area contributed by atoms with E-state index in [-0.39, 0.29) is 0 Å². The van der Waals surface area contributed by atoms with Gasteiger partial charge in [-0.05, 0) is 18.6 Å². The Bertz CT molecular complexity index is 317. The van der Waals surface area contributed by atoms with Crippen molar-refractivity contribution < 1.29 is 0 Å². The lowest BCUT2D eigenvalue weighted by atomic mass is 10.2. The molecule has 0 bridgehead atoms. The number of rotatable bonds is 4. The van der Waals surface area contributed by atoms with Crippen LogP contribution in [0, 0.1) is 0 Å². The first-order valence-electron chi connectivity index (χ1n) is 6.05. The zero-order valence-corrected chi connectivity index (χ0v) is 11.7. The van der Waals surface area contributed by atoms with E-state index < -0.39 is 0 Å². The Kier molecular flexibility index (Phi) is 4.67. The van der Waals surface area contributed by atoms with E-state index in [0.29, 0.717) is 11.3 Å². The summed E-state index contributed by atoms with van der Waals surface area (Å²) in [5.74, 6) is 1.31. The first kappa shape index (κ1) is 12.4. The van der Waals surface area contributed by atoms with E-state index in [1.807, 2.05) is 17.5 Å². The van der Waals surface area contributed by atoms with E-state index in [1.54, 1.807) is 0 Å².